The highest BCUT2D eigenvalue weighted by molar-refractivity contribution is 9.10. The number of aliphatic carboxylic acids is 1. The largest absolute Gasteiger partial charge is 0.493 e. The number of benzene rings is 3. The van der Waals surface area contributed by atoms with Crippen molar-refractivity contribution >= 4 is 44.4 Å². The van der Waals surface area contributed by atoms with Crippen LogP contribution in [0.15, 0.2) is 71.3 Å². The number of ether oxygens (including phenoxy) is 2. The average molecular weight is 566 g/mol. The highest BCUT2D eigenvalue weighted by Gasteiger charge is 2.20. The third-order valence-electron chi connectivity index (χ3n) is 5.96. The van der Waals surface area contributed by atoms with E-state index in [0.717, 1.165) is 27.6 Å². The number of halogens is 1. The van der Waals surface area contributed by atoms with Gasteiger partial charge in [0, 0.05) is 40.2 Å². The van der Waals surface area contributed by atoms with Crippen LogP contribution in [0.4, 0.5) is 5.69 Å². The number of aromatic amines is 1. The number of hydrogen-bond donors (Lipinski definition) is 4. The second-order valence-corrected chi connectivity index (χ2v) is 9.49. The molecule has 0 aliphatic carbocycles. The Labute approximate surface area is 223 Å². The number of rotatable bonds is 11. The molecule has 192 valence electrons. The normalized spacial score (nSPS) is 11.8. The fraction of sp³-hybridized carbons (Fsp3) is 0.214. The van der Waals surface area contributed by atoms with Gasteiger partial charge in [0.25, 0.3) is 5.91 Å². The van der Waals surface area contributed by atoms with Crippen LogP contribution in [0.3, 0.4) is 0 Å². The molecule has 3 aromatic carbocycles. The minimum absolute atomic E-state index is 0.194. The Morgan fingerprint density at radius 1 is 1.05 bits per heavy atom. The third-order valence-corrected chi connectivity index (χ3v) is 6.70. The number of aryl methyl sites for hydroxylation is 1. The van der Waals surface area contributed by atoms with Crippen molar-refractivity contribution in [1.29, 1.82) is 0 Å². The number of para-hydroxylation sites is 1. The molecule has 0 radical (unpaired) electrons. The number of H-pyrrole nitrogens is 1. The standard InChI is InChI=1S/C28H28BrN3O5/c1-17-7-9-20(10-8-17)32-27(33)16-37-26-13-22(29)19(12-25(26)36-2)15-31-24(28(34)35)11-18-14-30-23-6-4-3-5-21(18)23/h3-10,12-14,24,30-31H,11,15-16H2,1-2H3,(H,32,33)(H,34,35). The molecule has 0 saturated carbocycles. The molecule has 0 saturated heterocycles. The molecule has 8 nitrogen and oxygen atoms in total. The lowest BCUT2D eigenvalue weighted by Gasteiger charge is -2.17. The number of carboxylic acids is 1. The van der Waals surface area contributed by atoms with Gasteiger partial charge in [0.1, 0.15) is 6.04 Å². The summed E-state index contributed by atoms with van der Waals surface area (Å²) in [4.78, 5) is 27.5. The van der Waals surface area contributed by atoms with Crippen LogP contribution in [-0.2, 0) is 22.6 Å². The maximum absolute atomic E-state index is 12.3. The van der Waals surface area contributed by atoms with E-state index in [1.165, 1.54) is 7.11 Å². The van der Waals surface area contributed by atoms with Crippen LogP contribution in [-0.4, -0.2) is 41.7 Å². The first-order valence-electron chi connectivity index (χ1n) is 11.7. The molecule has 0 aliphatic heterocycles. The van der Waals surface area contributed by atoms with E-state index in [-0.39, 0.29) is 19.1 Å². The minimum Gasteiger partial charge on any atom is -0.493 e. The number of methoxy groups -OCH3 is 1. The summed E-state index contributed by atoms with van der Waals surface area (Å²) in [6.45, 7) is 2.06. The molecule has 0 fully saturated rings. The number of hydrogen-bond acceptors (Lipinski definition) is 5. The van der Waals surface area contributed by atoms with Crippen LogP contribution in [0.5, 0.6) is 11.5 Å². The molecule has 4 rings (SSSR count). The second-order valence-electron chi connectivity index (χ2n) is 8.63. The Kier molecular flexibility index (Phi) is 8.47. The number of carboxylic acid groups (broad SMARTS) is 1. The van der Waals surface area contributed by atoms with Gasteiger partial charge in [-0.25, -0.2) is 0 Å². The average Bonchev–Trinajstić information content (AvgIpc) is 3.30. The van der Waals surface area contributed by atoms with Crippen LogP contribution < -0.4 is 20.1 Å². The van der Waals surface area contributed by atoms with Gasteiger partial charge >= 0.3 is 5.97 Å². The Bertz CT molecular complexity index is 1400. The predicted molar refractivity (Wildman–Crippen MR) is 146 cm³/mol. The van der Waals surface area contributed by atoms with E-state index in [0.29, 0.717) is 28.1 Å². The first kappa shape index (κ1) is 26.2. The van der Waals surface area contributed by atoms with Crippen LogP contribution in [0.2, 0.25) is 0 Å². The molecule has 0 aliphatic rings. The van der Waals surface area contributed by atoms with Crippen molar-refractivity contribution in [2.45, 2.75) is 25.9 Å². The van der Waals surface area contributed by atoms with E-state index in [4.69, 9.17) is 9.47 Å². The Morgan fingerprint density at radius 3 is 2.54 bits per heavy atom. The second kappa shape index (κ2) is 11.9. The van der Waals surface area contributed by atoms with Gasteiger partial charge in [-0.1, -0.05) is 51.8 Å². The summed E-state index contributed by atoms with van der Waals surface area (Å²) in [5, 5.41) is 16.7. The lowest BCUT2D eigenvalue weighted by atomic mass is 10.0. The molecule has 0 bridgehead atoms. The number of anilines is 1. The molecular weight excluding hydrogens is 538 g/mol. The maximum atomic E-state index is 12.3. The van der Waals surface area contributed by atoms with E-state index in [1.54, 1.807) is 12.1 Å². The van der Waals surface area contributed by atoms with Crippen LogP contribution in [0.25, 0.3) is 10.9 Å². The molecule has 37 heavy (non-hydrogen) atoms. The highest BCUT2D eigenvalue weighted by atomic mass is 79.9. The van der Waals surface area contributed by atoms with Gasteiger partial charge in [0.2, 0.25) is 0 Å². The first-order valence-corrected chi connectivity index (χ1v) is 12.5. The summed E-state index contributed by atoms with van der Waals surface area (Å²) in [5.41, 5.74) is 4.48. The Hall–Kier alpha value is -3.82. The maximum Gasteiger partial charge on any atom is 0.321 e. The number of amides is 1. The highest BCUT2D eigenvalue weighted by Crippen LogP contribution is 2.34. The molecular formula is C28H28BrN3O5. The van der Waals surface area contributed by atoms with Crippen molar-refractivity contribution < 1.29 is 24.2 Å². The number of nitrogens with one attached hydrogen (secondary N) is 3. The molecule has 0 spiro atoms. The molecule has 1 heterocycles. The van der Waals surface area contributed by atoms with E-state index in [2.05, 4.69) is 31.5 Å². The number of carbonyl (C=O) groups is 2. The van der Waals surface area contributed by atoms with E-state index in [9.17, 15) is 14.7 Å². The van der Waals surface area contributed by atoms with Crippen molar-refractivity contribution in [3.63, 3.8) is 0 Å². The predicted octanol–water partition coefficient (Wildman–Crippen LogP) is 5.05. The van der Waals surface area contributed by atoms with Crippen molar-refractivity contribution in [2.75, 3.05) is 19.0 Å². The molecule has 1 amide bonds. The van der Waals surface area contributed by atoms with Crippen LogP contribution in [0, 0.1) is 6.92 Å². The van der Waals surface area contributed by atoms with Gasteiger partial charge in [0.15, 0.2) is 18.1 Å². The summed E-state index contributed by atoms with van der Waals surface area (Å²) >= 11 is 3.53. The Morgan fingerprint density at radius 2 is 1.81 bits per heavy atom. The van der Waals surface area contributed by atoms with Crippen molar-refractivity contribution in [3.8, 4) is 11.5 Å². The fourth-order valence-electron chi connectivity index (χ4n) is 3.96. The van der Waals surface area contributed by atoms with Crippen LogP contribution >= 0.6 is 15.9 Å². The van der Waals surface area contributed by atoms with Gasteiger partial charge in [0.05, 0.1) is 7.11 Å². The fourth-order valence-corrected chi connectivity index (χ4v) is 4.43. The zero-order valence-electron chi connectivity index (χ0n) is 20.5. The topological polar surface area (TPSA) is 113 Å². The van der Waals surface area contributed by atoms with E-state index in [1.807, 2.05) is 61.7 Å². The third kappa shape index (κ3) is 6.69. The van der Waals surface area contributed by atoms with Crippen LogP contribution in [0.1, 0.15) is 16.7 Å². The van der Waals surface area contributed by atoms with Gasteiger partial charge in [-0.3, -0.25) is 14.9 Å². The summed E-state index contributed by atoms with van der Waals surface area (Å²) in [6.07, 6.45) is 2.17. The van der Waals surface area contributed by atoms with Gasteiger partial charge in [-0.05, 0) is 48.4 Å². The first-order chi connectivity index (χ1) is 17.8. The van der Waals surface area contributed by atoms with Crippen molar-refractivity contribution in [2.24, 2.45) is 0 Å². The summed E-state index contributed by atoms with van der Waals surface area (Å²) in [6, 6.07) is 18.0. The van der Waals surface area contributed by atoms with Gasteiger partial charge < -0.3 is 24.9 Å². The zero-order chi connectivity index (χ0) is 26.4. The summed E-state index contributed by atoms with van der Waals surface area (Å²) < 4.78 is 11.9. The molecule has 9 heteroatoms. The number of aromatic nitrogens is 1. The SMILES string of the molecule is COc1cc(CNC(Cc2c[nH]c3ccccc23)C(=O)O)c(Br)cc1OCC(=O)Nc1ccc(C)cc1. The molecule has 1 atom stereocenters. The molecule has 4 aromatic rings. The smallest absolute Gasteiger partial charge is 0.321 e. The number of carbonyl (C=O) groups excluding carboxylic acids is 1. The summed E-state index contributed by atoms with van der Waals surface area (Å²) in [7, 11) is 1.51. The monoisotopic (exact) mass is 565 g/mol. The van der Waals surface area contributed by atoms with E-state index >= 15 is 0 Å². The van der Waals surface area contributed by atoms with Crippen molar-refractivity contribution in [3.05, 3.63) is 88.0 Å². The molecule has 4 N–H and O–H groups in total. The lowest BCUT2D eigenvalue weighted by molar-refractivity contribution is -0.139. The van der Waals surface area contributed by atoms with E-state index < -0.39 is 12.0 Å². The minimum atomic E-state index is -0.937. The molecule has 1 unspecified atom stereocenters. The lowest BCUT2D eigenvalue weighted by Crippen LogP contribution is -2.38. The van der Waals surface area contributed by atoms with Crippen molar-refractivity contribution in [1.82, 2.24) is 10.3 Å². The zero-order valence-corrected chi connectivity index (χ0v) is 22.1. The quantitative estimate of drug-likeness (QED) is 0.202. The van der Waals surface area contributed by atoms with Gasteiger partial charge in [-0.2, -0.15) is 0 Å². The summed E-state index contributed by atoms with van der Waals surface area (Å²) in [5.74, 6) is -0.403. The number of fused-ring (bicyclic) bond motifs is 1. The molecule has 1 aromatic heterocycles. The van der Waals surface area contributed by atoms with Gasteiger partial charge in [-0.15, -0.1) is 0 Å². The Balaban J connectivity index is 1.39.